The van der Waals surface area contributed by atoms with Crippen LogP contribution in [0.25, 0.3) is 15.8 Å². The van der Waals surface area contributed by atoms with Crippen molar-refractivity contribution in [3.05, 3.63) is 82.5 Å². The van der Waals surface area contributed by atoms with Crippen molar-refractivity contribution in [3.8, 4) is 0 Å². The van der Waals surface area contributed by atoms with Crippen molar-refractivity contribution in [3.63, 3.8) is 0 Å². The first kappa shape index (κ1) is 21.0. The van der Waals surface area contributed by atoms with E-state index in [-0.39, 0.29) is 11.7 Å². The summed E-state index contributed by atoms with van der Waals surface area (Å²) in [4.78, 5) is 29.8. The number of carbonyl (C=O) groups excluding carboxylic acids is 1. The van der Waals surface area contributed by atoms with Crippen LogP contribution in [-0.2, 0) is 17.8 Å². The summed E-state index contributed by atoms with van der Waals surface area (Å²) in [5, 5.41) is 0.515. The van der Waals surface area contributed by atoms with Crippen LogP contribution in [-0.4, -0.2) is 37.3 Å². The molecule has 4 aromatic rings. The molecule has 0 saturated heterocycles. The number of aromatic nitrogens is 4. The smallest absolute Gasteiger partial charge is 0.257 e. The van der Waals surface area contributed by atoms with Crippen LogP contribution < -0.4 is 5.73 Å². The van der Waals surface area contributed by atoms with Crippen LogP contribution in [0.5, 0.6) is 0 Å². The Morgan fingerprint density at radius 1 is 1.26 bits per heavy atom. The van der Waals surface area contributed by atoms with Gasteiger partial charge in [-0.05, 0) is 24.3 Å². The van der Waals surface area contributed by atoms with Crippen molar-refractivity contribution in [2.75, 3.05) is 6.54 Å². The molecule has 0 spiro atoms. The minimum absolute atomic E-state index is 0.160. The highest BCUT2D eigenvalue weighted by Crippen LogP contribution is 2.22. The number of H-pyrrole nitrogens is 1. The predicted molar refractivity (Wildman–Crippen MR) is 119 cm³/mol. The Bertz CT molecular complexity index is 1250. The summed E-state index contributed by atoms with van der Waals surface area (Å²) in [5.74, 6) is -0.383. The highest BCUT2D eigenvalue weighted by Gasteiger charge is 2.25. The maximum absolute atomic E-state index is 12.6. The van der Waals surface area contributed by atoms with Gasteiger partial charge in [-0.3, -0.25) is 9.78 Å². The number of fused-ring (bicyclic) bond motifs is 2. The summed E-state index contributed by atoms with van der Waals surface area (Å²) in [6.07, 6.45) is 5.21. The van der Waals surface area contributed by atoms with Crippen LogP contribution in [0.1, 0.15) is 17.1 Å². The Hall–Kier alpha value is -3.30. The maximum atomic E-state index is 12.6. The molecule has 158 valence electrons. The molecule has 31 heavy (non-hydrogen) atoms. The molecule has 1 aromatic carbocycles. The summed E-state index contributed by atoms with van der Waals surface area (Å²) < 4.78 is 13.5. The van der Waals surface area contributed by atoms with Gasteiger partial charge in [-0.1, -0.05) is 11.6 Å². The quantitative estimate of drug-likeness (QED) is 0.447. The number of pyridine rings is 1. The molecule has 1 aliphatic rings. The van der Waals surface area contributed by atoms with Crippen molar-refractivity contribution in [1.82, 2.24) is 24.8 Å². The van der Waals surface area contributed by atoms with Crippen LogP contribution in [0.3, 0.4) is 0 Å². The standard InChI is InChI=1S/C14H14ClN5O.C7H4FNS/c15-9-1-3-17-12(5-9)10(6-16)14(21)20-4-2-11-13(7-20)19-8-18-11;8-5-1-2-7-6(3-5)9-4-10-7/h1,3,5-6,8H,2,4,7,16H2,(H,18,19);1-4H/b10-6+;. The Morgan fingerprint density at radius 3 is 2.94 bits per heavy atom. The number of halogens is 2. The molecule has 10 heteroatoms. The molecular weight excluding hydrogens is 439 g/mol. The molecule has 0 bridgehead atoms. The number of amides is 1. The topological polar surface area (TPSA) is 101 Å². The van der Waals surface area contributed by atoms with E-state index in [9.17, 15) is 9.18 Å². The van der Waals surface area contributed by atoms with Gasteiger partial charge in [-0.25, -0.2) is 14.4 Å². The molecule has 5 rings (SSSR count). The average molecular weight is 457 g/mol. The Kier molecular flexibility index (Phi) is 6.24. The molecule has 3 N–H and O–H groups in total. The van der Waals surface area contributed by atoms with Crippen LogP contribution in [0.4, 0.5) is 4.39 Å². The monoisotopic (exact) mass is 456 g/mol. The number of carbonyl (C=O) groups is 1. The first-order valence-corrected chi connectivity index (χ1v) is 10.6. The van der Waals surface area contributed by atoms with Gasteiger partial charge in [-0.2, -0.15) is 0 Å². The van der Waals surface area contributed by atoms with Gasteiger partial charge in [-0.15, -0.1) is 11.3 Å². The summed E-state index contributed by atoms with van der Waals surface area (Å²) >= 11 is 7.46. The minimum Gasteiger partial charge on any atom is -0.404 e. The zero-order valence-corrected chi connectivity index (χ0v) is 17.8. The second-order valence-electron chi connectivity index (χ2n) is 6.71. The fraction of sp³-hybridized carbons (Fsp3) is 0.143. The van der Waals surface area contributed by atoms with E-state index in [1.807, 2.05) is 0 Å². The lowest BCUT2D eigenvalue weighted by molar-refractivity contribution is -0.126. The number of imidazole rings is 1. The number of nitrogens with zero attached hydrogens (tertiary/aromatic N) is 4. The van der Waals surface area contributed by atoms with E-state index in [0.29, 0.717) is 29.4 Å². The van der Waals surface area contributed by atoms with Crippen molar-refractivity contribution in [2.45, 2.75) is 13.0 Å². The van der Waals surface area contributed by atoms with Crippen LogP contribution in [0.15, 0.2) is 54.6 Å². The van der Waals surface area contributed by atoms with Gasteiger partial charge in [0, 0.05) is 36.5 Å². The number of nitrogens with one attached hydrogen (secondary N) is 1. The van der Waals surface area contributed by atoms with Gasteiger partial charge in [0.1, 0.15) is 5.82 Å². The molecule has 0 aliphatic carbocycles. The molecule has 0 saturated carbocycles. The third kappa shape index (κ3) is 4.73. The maximum Gasteiger partial charge on any atom is 0.257 e. The van der Waals surface area contributed by atoms with E-state index in [1.54, 1.807) is 41.1 Å². The molecule has 0 atom stereocenters. The Balaban J connectivity index is 0.000000192. The number of thiazole rings is 1. The number of rotatable bonds is 2. The third-order valence-electron chi connectivity index (χ3n) is 4.75. The van der Waals surface area contributed by atoms with E-state index in [1.165, 1.54) is 29.7 Å². The first-order valence-electron chi connectivity index (χ1n) is 9.38. The third-order valence-corrected chi connectivity index (χ3v) is 5.79. The van der Waals surface area contributed by atoms with Gasteiger partial charge >= 0.3 is 0 Å². The SMILES string of the molecule is Fc1ccc2scnc2c1.N/C=C(/C(=O)N1CCc2nc[nH]c2C1)c1cc(Cl)ccn1. The predicted octanol–water partition coefficient (Wildman–Crippen LogP) is 3.78. The van der Waals surface area contributed by atoms with E-state index in [0.717, 1.165) is 28.0 Å². The van der Waals surface area contributed by atoms with Crippen LogP contribution in [0, 0.1) is 5.82 Å². The number of hydrogen-bond donors (Lipinski definition) is 2. The molecule has 0 radical (unpaired) electrons. The van der Waals surface area contributed by atoms with E-state index in [4.69, 9.17) is 17.3 Å². The Labute approximate surface area is 186 Å². The number of benzene rings is 1. The summed E-state index contributed by atoms with van der Waals surface area (Å²) in [6, 6.07) is 7.90. The average Bonchev–Trinajstić information content (AvgIpc) is 3.43. The highest BCUT2D eigenvalue weighted by molar-refractivity contribution is 7.16. The molecule has 1 aliphatic heterocycles. The van der Waals surface area contributed by atoms with Gasteiger partial charge in [0.15, 0.2) is 0 Å². The number of hydrogen-bond acceptors (Lipinski definition) is 6. The molecule has 7 nitrogen and oxygen atoms in total. The fourth-order valence-corrected chi connectivity index (χ4v) is 4.02. The molecule has 0 fully saturated rings. The number of aromatic amines is 1. The second kappa shape index (κ2) is 9.23. The lowest BCUT2D eigenvalue weighted by atomic mass is 10.1. The number of nitrogens with two attached hydrogens (primary N) is 1. The van der Waals surface area contributed by atoms with Crippen molar-refractivity contribution < 1.29 is 9.18 Å². The van der Waals surface area contributed by atoms with Gasteiger partial charge in [0.25, 0.3) is 5.91 Å². The van der Waals surface area contributed by atoms with E-state index in [2.05, 4.69) is 19.9 Å². The lowest BCUT2D eigenvalue weighted by Crippen LogP contribution is -2.36. The summed E-state index contributed by atoms with van der Waals surface area (Å²) in [6.45, 7) is 1.10. The summed E-state index contributed by atoms with van der Waals surface area (Å²) in [7, 11) is 0. The second-order valence-corrected chi connectivity index (χ2v) is 8.03. The van der Waals surface area contributed by atoms with Crippen molar-refractivity contribution >= 4 is 44.6 Å². The van der Waals surface area contributed by atoms with Gasteiger partial charge in [0.2, 0.25) is 0 Å². The molecular formula is C21H18ClFN6OS. The van der Waals surface area contributed by atoms with Crippen molar-refractivity contribution in [1.29, 1.82) is 0 Å². The lowest BCUT2D eigenvalue weighted by Gasteiger charge is -2.27. The molecule has 1 amide bonds. The minimum atomic E-state index is -0.224. The van der Waals surface area contributed by atoms with Crippen LogP contribution in [0.2, 0.25) is 5.02 Å². The summed E-state index contributed by atoms with van der Waals surface area (Å²) in [5.41, 5.74) is 10.9. The largest absolute Gasteiger partial charge is 0.404 e. The van der Waals surface area contributed by atoms with Crippen molar-refractivity contribution in [2.24, 2.45) is 5.73 Å². The molecule has 4 heterocycles. The normalized spacial score (nSPS) is 13.5. The van der Waals surface area contributed by atoms with Crippen LogP contribution >= 0.6 is 22.9 Å². The zero-order valence-electron chi connectivity index (χ0n) is 16.3. The molecule has 0 unspecified atom stereocenters. The van der Waals surface area contributed by atoms with Gasteiger partial charge < -0.3 is 15.6 Å². The first-order chi connectivity index (χ1) is 15.0. The van der Waals surface area contributed by atoms with Gasteiger partial charge in [0.05, 0.1) is 51.3 Å². The highest BCUT2D eigenvalue weighted by atomic mass is 35.5. The molecule has 3 aromatic heterocycles. The van der Waals surface area contributed by atoms with E-state index >= 15 is 0 Å². The zero-order chi connectivity index (χ0) is 21.8. The Morgan fingerprint density at radius 2 is 2.13 bits per heavy atom. The fourth-order valence-electron chi connectivity index (χ4n) is 3.21. The van der Waals surface area contributed by atoms with E-state index < -0.39 is 0 Å².